The van der Waals surface area contributed by atoms with Crippen LogP contribution in [0.3, 0.4) is 0 Å². The summed E-state index contributed by atoms with van der Waals surface area (Å²) in [6.45, 7) is 8.16. The van der Waals surface area contributed by atoms with Crippen LogP contribution in [0.25, 0.3) is 0 Å². The molecule has 2 heterocycles. The molecule has 1 aliphatic heterocycles. The molecule has 0 aromatic carbocycles. The van der Waals surface area contributed by atoms with Crippen molar-refractivity contribution in [3.8, 4) is 11.2 Å². The summed E-state index contributed by atoms with van der Waals surface area (Å²) in [6.07, 6.45) is 1.77. The van der Waals surface area contributed by atoms with Gasteiger partial charge in [0.15, 0.2) is 0 Å². The van der Waals surface area contributed by atoms with E-state index in [-0.39, 0.29) is 18.3 Å². The Kier molecular flexibility index (Phi) is 4.50. The highest BCUT2D eigenvalue weighted by Crippen LogP contribution is 2.36. The third kappa shape index (κ3) is 3.27. The first kappa shape index (κ1) is 15.2. The minimum absolute atomic E-state index is 0.325. The summed E-state index contributed by atoms with van der Waals surface area (Å²) >= 11 is 2.13. The summed E-state index contributed by atoms with van der Waals surface area (Å²) in [4.78, 5) is 4.31. The van der Waals surface area contributed by atoms with Crippen molar-refractivity contribution in [1.82, 2.24) is 4.98 Å². The van der Waals surface area contributed by atoms with Gasteiger partial charge in [-0.2, -0.15) is 0 Å². The van der Waals surface area contributed by atoms with E-state index < -0.39 is 0 Å². The van der Waals surface area contributed by atoms with Crippen LogP contribution in [0.5, 0.6) is 0 Å². The smallest absolute Gasteiger partial charge is 0.399 e. The highest BCUT2D eigenvalue weighted by molar-refractivity contribution is 14.2. The largest absolute Gasteiger partial charge is 0.496 e. The molecule has 0 radical (unpaired) electrons. The van der Waals surface area contributed by atoms with Gasteiger partial charge < -0.3 is 9.31 Å². The first-order valence-electron chi connectivity index (χ1n) is 5.96. The van der Waals surface area contributed by atoms with Crippen molar-refractivity contribution in [1.29, 1.82) is 0 Å². The van der Waals surface area contributed by atoms with E-state index in [0.29, 0.717) is 0 Å². The Morgan fingerprint density at radius 2 is 1.84 bits per heavy atom. The van der Waals surface area contributed by atoms with E-state index >= 15 is 0 Å². The van der Waals surface area contributed by atoms with Gasteiger partial charge in [0.2, 0.25) is 0 Å². The lowest BCUT2D eigenvalue weighted by atomic mass is 9.80. The normalized spacial score (nSPS) is 19.9. The predicted octanol–water partition coefficient (Wildman–Crippen LogP) is 2.77. The molecule has 0 aliphatic carbocycles. The van der Waals surface area contributed by atoms with Gasteiger partial charge in [-0.3, -0.25) is 0 Å². The van der Waals surface area contributed by atoms with E-state index in [9.17, 15) is 0 Å². The van der Waals surface area contributed by atoms with Crippen LogP contribution < -0.4 is 5.46 Å². The second-order valence-electron chi connectivity index (χ2n) is 5.37. The molecule has 0 spiro atoms. The average Bonchev–Trinajstić information content (AvgIpc) is 2.56. The maximum Gasteiger partial charge on any atom is 0.496 e. The molecule has 0 amide bonds. The van der Waals surface area contributed by atoms with Crippen molar-refractivity contribution in [2.75, 3.05) is 0 Å². The van der Waals surface area contributed by atoms with Crippen molar-refractivity contribution >= 4 is 42.7 Å². The second-order valence-corrected chi connectivity index (χ2v) is 7.05. The molecule has 0 atom stereocenters. The molecule has 6 heteroatoms. The fourth-order valence-corrected chi connectivity index (χ4v) is 2.14. The maximum atomic E-state index is 5.97. The number of halogens is 1. The first-order valence-corrected chi connectivity index (χ1v) is 9.32. The monoisotopic (exact) mass is 387 g/mol. The van der Waals surface area contributed by atoms with E-state index in [1.807, 2.05) is 39.8 Å². The molecule has 1 fully saturated rings. The summed E-state index contributed by atoms with van der Waals surface area (Å²) in [5.74, 6) is 2.96. The molecule has 1 saturated heterocycles. The molecule has 19 heavy (non-hydrogen) atoms. The van der Waals surface area contributed by atoms with Gasteiger partial charge in [-0.1, -0.05) is 6.07 Å². The standard InChI is InChI=1S/C13H15BINO2S/c1-12(2)13(3,4)18-14(17-12)10-5-6-11(16-9-10)7-8-19-15/h5-6,9H,1-4H3. The number of rotatable bonds is 1. The van der Waals surface area contributed by atoms with Gasteiger partial charge in [0.25, 0.3) is 0 Å². The van der Waals surface area contributed by atoms with Crippen LogP contribution in [-0.4, -0.2) is 23.3 Å². The zero-order chi connectivity index (χ0) is 14.1. The van der Waals surface area contributed by atoms with Crippen molar-refractivity contribution in [2.24, 2.45) is 0 Å². The third-order valence-electron chi connectivity index (χ3n) is 3.53. The molecule has 0 bridgehead atoms. The molecule has 0 saturated carbocycles. The Morgan fingerprint density at radius 1 is 1.21 bits per heavy atom. The lowest BCUT2D eigenvalue weighted by molar-refractivity contribution is 0.00578. The topological polar surface area (TPSA) is 31.4 Å². The number of hydrogen-bond acceptors (Lipinski definition) is 4. The Labute approximate surface area is 131 Å². The molecule has 1 aromatic rings. The Balaban J connectivity index is 2.17. The molecule has 1 aliphatic rings. The minimum atomic E-state index is -0.363. The SMILES string of the molecule is CC1(C)OB(c2ccc(C#CSI)nc2)OC1(C)C. The van der Waals surface area contributed by atoms with Crippen LogP contribution in [0.2, 0.25) is 0 Å². The van der Waals surface area contributed by atoms with Crippen molar-refractivity contribution in [3.05, 3.63) is 24.0 Å². The Morgan fingerprint density at radius 3 is 2.32 bits per heavy atom. The first-order chi connectivity index (χ1) is 8.86. The zero-order valence-electron chi connectivity index (χ0n) is 11.4. The van der Waals surface area contributed by atoms with Crippen molar-refractivity contribution in [2.45, 2.75) is 38.9 Å². The summed E-state index contributed by atoms with van der Waals surface area (Å²) in [5, 5.41) is 2.91. The van der Waals surface area contributed by atoms with Gasteiger partial charge in [0, 0.05) is 32.9 Å². The Hall–Kier alpha value is -0.225. The van der Waals surface area contributed by atoms with Gasteiger partial charge in [0.05, 0.1) is 11.2 Å². The van der Waals surface area contributed by atoms with Crippen molar-refractivity contribution < 1.29 is 9.31 Å². The van der Waals surface area contributed by atoms with Gasteiger partial charge in [0.1, 0.15) is 5.69 Å². The molecular weight excluding hydrogens is 372 g/mol. The van der Waals surface area contributed by atoms with E-state index in [2.05, 4.69) is 37.4 Å². The zero-order valence-corrected chi connectivity index (χ0v) is 14.3. The van der Waals surface area contributed by atoms with Crippen molar-refractivity contribution in [3.63, 3.8) is 0 Å². The summed E-state index contributed by atoms with van der Waals surface area (Å²) < 4.78 is 11.9. The van der Waals surface area contributed by atoms with Crippen LogP contribution in [0.1, 0.15) is 33.4 Å². The van der Waals surface area contributed by atoms with E-state index in [4.69, 9.17) is 9.31 Å². The number of hydrogen-bond donors (Lipinski definition) is 0. The molecule has 1 aromatic heterocycles. The molecule has 3 nitrogen and oxygen atoms in total. The summed E-state index contributed by atoms with van der Waals surface area (Å²) in [6, 6.07) is 3.84. The highest BCUT2D eigenvalue weighted by atomic mass is 127. The molecule has 100 valence electrons. The molecule has 2 rings (SSSR count). The number of pyridine rings is 1. The van der Waals surface area contributed by atoms with E-state index in [0.717, 1.165) is 11.2 Å². The highest BCUT2D eigenvalue weighted by Gasteiger charge is 2.51. The van der Waals surface area contributed by atoms with Gasteiger partial charge in [-0.25, -0.2) is 4.98 Å². The van der Waals surface area contributed by atoms with Gasteiger partial charge in [-0.15, -0.1) is 0 Å². The maximum absolute atomic E-state index is 5.97. The fraction of sp³-hybridized carbons (Fsp3) is 0.462. The van der Waals surface area contributed by atoms with E-state index in [1.165, 1.54) is 8.93 Å². The summed E-state index contributed by atoms with van der Waals surface area (Å²) in [5.41, 5.74) is 1.03. The Bertz CT molecular complexity index is 506. The van der Waals surface area contributed by atoms with Crippen LogP contribution in [0.15, 0.2) is 18.3 Å². The van der Waals surface area contributed by atoms with Crippen LogP contribution in [0, 0.1) is 11.2 Å². The van der Waals surface area contributed by atoms with Crippen LogP contribution in [0.4, 0.5) is 0 Å². The van der Waals surface area contributed by atoms with Crippen LogP contribution >= 0.6 is 30.1 Å². The number of aromatic nitrogens is 1. The average molecular weight is 387 g/mol. The fourth-order valence-electron chi connectivity index (χ4n) is 1.67. The van der Waals surface area contributed by atoms with Crippen LogP contribution in [-0.2, 0) is 9.31 Å². The van der Waals surface area contributed by atoms with E-state index in [1.54, 1.807) is 6.20 Å². The predicted molar refractivity (Wildman–Crippen MR) is 88.4 cm³/mol. The lowest BCUT2D eigenvalue weighted by Gasteiger charge is -2.32. The second kappa shape index (κ2) is 5.64. The molecular formula is C13H15BINO2S. The molecule has 0 N–H and O–H groups in total. The minimum Gasteiger partial charge on any atom is -0.399 e. The number of nitrogens with zero attached hydrogens (tertiary/aromatic N) is 1. The van der Waals surface area contributed by atoms with Gasteiger partial charge >= 0.3 is 7.12 Å². The summed E-state index contributed by atoms with van der Waals surface area (Å²) in [7, 11) is 1.08. The quantitative estimate of drug-likeness (QED) is 0.422. The van der Waals surface area contributed by atoms with Gasteiger partial charge in [-0.05, 0) is 53.9 Å². The third-order valence-corrected chi connectivity index (χ3v) is 4.37. The lowest BCUT2D eigenvalue weighted by Crippen LogP contribution is -2.41. The molecule has 0 unspecified atom stereocenters.